The first kappa shape index (κ1) is 19.7. The maximum atomic E-state index is 12.2. The van der Waals surface area contributed by atoms with Gasteiger partial charge in [-0.1, -0.05) is 0 Å². The number of sulfone groups is 1. The topological polar surface area (TPSA) is 97.4 Å². The molecular weight excluding hydrogens is 383 g/mol. The predicted octanol–water partition coefficient (Wildman–Crippen LogP) is 1.70. The molecule has 0 aliphatic rings. The Balaban J connectivity index is 3.22. The average molecular weight is 394 g/mol. The van der Waals surface area contributed by atoms with Gasteiger partial charge in [0.2, 0.25) is 0 Å². The van der Waals surface area contributed by atoms with Crippen molar-refractivity contribution in [2.45, 2.75) is 17.5 Å². The molecule has 130 valence electrons. The van der Waals surface area contributed by atoms with Gasteiger partial charge >= 0.3 is 12.1 Å². The number of benzene rings is 1. The molecule has 0 atom stereocenters. The molecule has 1 aromatic rings. The van der Waals surface area contributed by atoms with Crippen LogP contribution in [0.3, 0.4) is 0 Å². The molecule has 1 aromatic carbocycles. The molecule has 0 saturated carbocycles. The molecule has 0 radical (unpaired) electrons. The van der Waals surface area contributed by atoms with Gasteiger partial charge in [0.15, 0.2) is 0 Å². The van der Waals surface area contributed by atoms with Gasteiger partial charge in [-0.15, -0.1) is 0 Å². The van der Waals surface area contributed by atoms with E-state index in [0.29, 0.717) is 0 Å². The number of carbonyl (C=O) groups excluding carboxylic acids is 1. The molecule has 0 heterocycles. The van der Waals surface area contributed by atoms with Crippen LogP contribution in [0, 0.1) is 0 Å². The van der Waals surface area contributed by atoms with Gasteiger partial charge in [0.25, 0.3) is 9.05 Å². The fraction of sp³-hybridized carbons (Fsp3) is 0.364. The minimum atomic E-state index is -5.12. The third kappa shape index (κ3) is 6.36. The molecule has 0 unspecified atom stereocenters. The highest BCUT2D eigenvalue weighted by Crippen LogP contribution is 2.26. The average Bonchev–Trinajstić information content (AvgIpc) is 2.33. The molecule has 0 aliphatic heterocycles. The Morgan fingerprint density at radius 3 is 2.22 bits per heavy atom. The van der Waals surface area contributed by atoms with Crippen molar-refractivity contribution in [3.63, 3.8) is 0 Å². The second kappa shape index (κ2) is 6.65. The number of aryl methyl sites for hydroxylation is 1. The molecule has 0 saturated heterocycles. The molecule has 23 heavy (non-hydrogen) atoms. The van der Waals surface area contributed by atoms with Crippen LogP contribution in [0.15, 0.2) is 23.1 Å². The summed E-state index contributed by atoms with van der Waals surface area (Å²) in [6, 6.07) is 2.75. The number of alkyl halides is 3. The van der Waals surface area contributed by atoms with Crippen molar-refractivity contribution < 1.29 is 34.8 Å². The summed E-state index contributed by atoms with van der Waals surface area (Å²) < 4.78 is 81.8. The molecule has 1 N–H and O–H groups in total. The summed E-state index contributed by atoms with van der Waals surface area (Å²) in [5.74, 6) is -2.68. The Bertz CT molecular complexity index is 819. The summed E-state index contributed by atoms with van der Waals surface area (Å²) in [6.45, 7) is 0. The van der Waals surface area contributed by atoms with E-state index in [2.05, 4.69) is 0 Å². The number of rotatable bonds is 5. The monoisotopic (exact) mass is 393 g/mol. The third-order valence-electron chi connectivity index (χ3n) is 2.58. The highest BCUT2D eigenvalue weighted by molar-refractivity contribution is 8.13. The van der Waals surface area contributed by atoms with E-state index in [9.17, 15) is 34.8 Å². The molecule has 12 heteroatoms. The Labute approximate surface area is 135 Å². The van der Waals surface area contributed by atoms with Crippen LogP contribution in [0.25, 0.3) is 0 Å². The van der Waals surface area contributed by atoms with Gasteiger partial charge in [-0.2, -0.15) is 13.2 Å². The normalized spacial score (nSPS) is 12.9. The van der Waals surface area contributed by atoms with E-state index in [0.717, 1.165) is 24.5 Å². The molecule has 0 bridgehead atoms. The minimum absolute atomic E-state index is 0.120. The van der Waals surface area contributed by atoms with E-state index in [1.807, 2.05) is 0 Å². The van der Waals surface area contributed by atoms with E-state index in [-0.39, 0.29) is 17.7 Å². The number of amides is 1. The summed E-state index contributed by atoms with van der Waals surface area (Å²) in [7, 11) is -2.48. The highest BCUT2D eigenvalue weighted by Gasteiger charge is 2.38. The minimum Gasteiger partial charge on any atom is -0.318 e. The van der Waals surface area contributed by atoms with Crippen LogP contribution in [0.2, 0.25) is 0 Å². The van der Waals surface area contributed by atoms with E-state index < -0.39 is 41.6 Å². The Morgan fingerprint density at radius 1 is 1.22 bits per heavy atom. The Hall–Kier alpha value is -1.33. The molecule has 0 aromatic heterocycles. The lowest BCUT2D eigenvalue weighted by Gasteiger charge is -2.11. The number of halogens is 4. The molecule has 0 spiro atoms. The Kier molecular flexibility index (Phi) is 5.70. The third-order valence-corrected chi connectivity index (χ3v) is 4.95. The maximum absolute atomic E-state index is 12.2. The number of hydrogen-bond acceptors (Lipinski definition) is 5. The molecule has 1 amide bonds. The van der Waals surface area contributed by atoms with Gasteiger partial charge in [0.05, 0.1) is 10.6 Å². The second-order valence-electron chi connectivity index (χ2n) is 4.59. The SMILES string of the molecule is CS(=O)(=O)CCc1cc(NC(=O)C(F)(F)F)ccc1S(=O)(=O)Cl. The van der Waals surface area contributed by atoms with Crippen molar-refractivity contribution in [3.8, 4) is 0 Å². The van der Waals surface area contributed by atoms with Crippen LogP contribution in [-0.2, 0) is 30.1 Å². The largest absolute Gasteiger partial charge is 0.471 e. The van der Waals surface area contributed by atoms with Gasteiger partial charge < -0.3 is 5.32 Å². The number of carbonyl (C=O) groups is 1. The van der Waals surface area contributed by atoms with Crippen LogP contribution >= 0.6 is 10.7 Å². The van der Waals surface area contributed by atoms with E-state index >= 15 is 0 Å². The molecule has 0 fully saturated rings. The summed E-state index contributed by atoms with van der Waals surface area (Å²) >= 11 is 0. The van der Waals surface area contributed by atoms with Gasteiger partial charge in [0, 0.05) is 22.6 Å². The van der Waals surface area contributed by atoms with Crippen LogP contribution in [0.4, 0.5) is 18.9 Å². The zero-order chi connectivity index (χ0) is 18.1. The van der Waals surface area contributed by atoms with Crippen molar-refractivity contribution >= 4 is 41.2 Å². The predicted molar refractivity (Wildman–Crippen MR) is 77.6 cm³/mol. The molecule has 1 rings (SSSR count). The van der Waals surface area contributed by atoms with Crippen molar-refractivity contribution in [2.75, 3.05) is 17.3 Å². The maximum Gasteiger partial charge on any atom is 0.471 e. The highest BCUT2D eigenvalue weighted by atomic mass is 35.7. The van der Waals surface area contributed by atoms with Crippen molar-refractivity contribution in [1.29, 1.82) is 0 Å². The van der Waals surface area contributed by atoms with Gasteiger partial charge in [-0.05, 0) is 30.2 Å². The molecular formula is C11H11ClF3NO5S2. The zero-order valence-electron chi connectivity index (χ0n) is 11.5. The smallest absolute Gasteiger partial charge is 0.318 e. The number of hydrogen-bond donors (Lipinski definition) is 1. The van der Waals surface area contributed by atoms with E-state index in [4.69, 9.17) is 10.7 Å². The first-order valence-electron chi connectivity index (χ1n) is 5.83. The summed E-state index contributed by atoms with van der Waals surface area (Å²) in [5, 5.41) is 1.55. The molecule has 6 nitrogen and oxygen atoms in total. The van der Waals surface area contributed by atoms with Crippen molar-refractivity contribution in [3.05, 3.63) is 23.8 Å². The van der Waals surface area contributed by atoms with E-state index in [1.54, 1.807) is 5.32 Å². The number of nitrogens with one attached hydrogen (secondary N) is 1. The van der Waals surface area contributed by atoms with Crippen LogP contribution < -0.4 is 5.32 Å². The summed E-state index contributed by atoms with van der Waals surface area (Å²) in [6.07, 6.45) is -4.50. The van der Waals surface area contributed by atoms with Crippen molar-refractivity contribution in [2.24, 2.45) is 0 Å². The first-order chi connectivity index (χ1) is 10.2. The van der Waals surface area contributed by atoms with Crippen LogP contribution in [-0.4, -0.2) is 40.9 Å². The fourth-order valence-electron chi connectivity index (χ4n) is 1.59. The standard InChI is InChI=1S/C11H11ClF3NO5S2/c1-22(18,19)5-4-7-6-8(16-10(17)11(13,14)15)2-3-9(7)23(12,20)21/h2-3,6H,4-5H2,1H3,(H,16,17). The number of anilines is 1. The van der Waals surface area contributed by atoms with Gasteiger partial charge in [-0.25, -0.2) is 16.8 Å². The van der Waals surface area contributed by atoms with Crippen LogP contribution in [0.5, 0.6) is 0 Å². The molecule has 0 aliphatic carbocycles. The zero-order valence-corrected chi connectivity index (χ0v) is 13.9. The lowest BCUT2D eigenvalue weighted by atomic mass is 10.1. The van der Waals surface area contributed by atoms with Crippen molar-refractivity contribution in [1.82, 2.24) is 0 Å². The van der Waals surface area contributed by atoms with E-state index in [1.165, 1.54) is 0 Å². The van der Waals surface area contributed by atoms with Gasteiger partial charge in [0.1, 0.15) is 9.84 Å². The summed E-state index contributed by atoms with van der Waals surface area (Å²) in [4.78, 5) is 10.4. The van der Waals surface area contributed by atoms with Crippen LogP contribution in [0.1, 0.15) is 5.56 Å². The fourth-order valence-corrected chi connectivity index (χ4v) is 3.33. The lowest BCUT2D eigenvalue weighted by Crippen LogP contribution is -2.30. The van der Waals surface area contributed by atoms with Gasteiger partial charge in [-0.3, -0.25) is 4.79 Å². The summed E-state index contributed by atoms with van der Waals surface area (Å²) in [5.41, 5.74) is -0.453. The first-order valence-corrected chi connectivity index (χ1v) is 10.2. The second-order valence-corrected chi connectivity index (χ2v) is 9.39. The Morgan fingerprint density at radius 2 is 1.78 bits per heavy atom. The quantitative estimate of drug-likeness (QED) is 0.768. The lowest BCUT2D eigenvalue weighted by molar-refractivity contribution is -0.167.